The molecule has 1 saturated heterocycles. The SMILES string of the molecule is COc1ccc(Oc2nccnc2[C@H]2CCCN(C(=O)c3cncc(-c4cncnc4)c3)C2)cc1. The minimum absolute atomic E-state index is 0.00770. The molecule has 35 heavy (non-hydrogen) atoms. The average Bonchev–Trinajstić information content (AvgIpc) is 2.94. The third kappa shape index (κ3) is 5.08. The van der Waals surface area contributed by atoms with Gasteiger partial charge in [0, 0.05) is 67.3 Å². The van der Waals surface area contributed by atoms with E-state index in [2.05, 4.69) is 24.9 Å². The summed E-state index contributed by atoms with van der Waals surface area (Å²) in [6.45, 7) is 1.19. The van der Waals surface area contributed by atoms with E-state index in [1.165, 1.54) is 6.33 Å². The summed E-state index contributed by atoms with van der Waals surface area (Å²) < 4.78 is 11.3. The molecule has 176 valence electrons. The number of carbonyl (C=O) groups is 1. The zero-order chi connectivity index (χ0) is 24.0. The average molecular weight is 469 g/mol. The van der Waals surface area contributed by atoms with Gasteiger partial charge in [-0.3, -0.25) is 14.8 Å². The van der Waals surface area contributed by atoms with Crippen molar-refractivity contribution in [3.05, 3.63) is 85.1 Å². The number of amides is 1. The third-order valence-corrected chi connectivity index (χ3v) is 5.94. The Bertz CT molecular complexity index is 1300. The first kappa shape index (κ1) is 22.4. The Hall–Kier alpha value is -4.40. The summed E-state index contributed by atoms with van der Waals surface area (Å²) >= 11 is 0. The Morgan fingerprint density at radius 2 is 1.69 bits per heavy atom. The molecule has 0 bridgehead atoms. The summed E-state index contributed by atoms with van der Waals surface area (Å²) in [5, 5.41) is 0. The molecule has 1 aromatic carbocycles. The minimum Gasteiger partial charge on any atom is -0.497 e. The Balaban J connectivity index is 1.34. The van der Waals surface area contributed by atoms with Crippen LogP contribution in [0.5, 0.6) is 17.4 Å². The van der Waals surface area contributed by atoms with Crippen molar-refractivity contribution in [3.63, 3.8) is 0 Å². The summed E-state index contributed by atoms with van der Waals surface area (Å²) in [4.78, 5) is 36.6. The number of carbonyl (C=O) groups excluding carboxylic acids is 1. The van der Waals surface area contributed by atoms with E-state index < -0.39 is 0 Å². The van der Waals surface area contributed by atoms with E-state index in [1.807, 2.05) is 35.2 Å². The first-order valence-electron chi connectivity index (χ1n) is 11.3. The molecular weight excluding hydrogens is 444 g/mol. The lowest BCUT2D eigenvalue weighted by atomic mass is 9.94. The van der Waals surface area contributed by atoms with Gasteiger partial charge in [0.1, 0.15) is 23.5 Å². The number of hydrogen-bond acceptors (Lipinski definition) is 8. The van der Waals surface area contributed by atoms with Crippen LogP contribution in [-0.2, 0) is 0 Å². The van der Waals surface area contributed by atoms with Crippen molar-refractivity contribution in [2.45, 2.75) is 18.8 Å². The lowest BCUT2D eigenvalue weighted by Crippen LogP contribution is -2.39. The first-order chi connectivity index (χ1) is 17.2. The third-order valence-electron chi connectivity index (χ3n) is 5.94. The molecule has 0 unspecified atom stereocenters. The highest BCUT2D eigenvalue weighted by Gasteiger charge is 2.29. The molecule has 0 saturated carbocycles. The van der Waals surface area contributed by atoms with E-state index >= 15 is 0 Å². The molecule has 1 aliphatic heterocycles. The van der Waals surface area contributed by atoms with Crippen molar-refractivity contribution >= 4 is 5.91 Å². The number of piperidine rings is 1. The number of rotatable bonds is 6. The molecule has 0 radical (unpaired) electrons. The molecule has 4 heterocycles. The zero-order valence-corrected chi connectivity index (χ0v) is 19.2. The van der Waals surface area contributed by atoms with E-state index in [0.29, 0.717) is 30.3 Å². The Morgan fingerprint density at radius 1 is 0.943 bits per heavy atom. The highest BCUT2D eigenvalue weighted by atomic mass is 16.5. The normalized spacial score (nSPS) is 15.5. The summed E-state index contributed by atoms with van der Waals surface area (Å²) in [6, 6.07) is 9.14. The van der Waals surface area contributed by atoms with E-state index in [9.17, 15) is 4.79 Å². The molecule has 5 rings (SSSR count). The van der Waals surface area contributed by atoms with Crippen LogP contribution in [0.3, 0.4) is 0 Å². The van der Waals surface area contributed by atoms with Gasteiger partial charge in [0.2, 0.25) is 5.88 Å². The quantitative estimate of drug-likeness (QED) is 0.416. The second-order valence-corrected chi connectivity index (χ2v) is 8.20. The van der Waals surface area contributed by atoms with Gasteiger partial charge in [0.05, 0.1) is 12.7 Å². The molecule has 1 fully saturated rings. The van der Waals surface area contributed by atoms with Crippen LogP contribution < -0.4 is 9.47 Å². The van der Waals surface area contributed by atoms with Crippen LogP contribution in [0.15, 0.2) is 73.8 Å². The molecule has 1 amide bonds. The number of ether oxygens (including phenoxy) is 2. The maximum Gasteiger partial charge on any atom is 0.255 e. The fourth-order valence-electron chi connectivity index (χ4n) is 4.18. The topological polar surface area (TPSA) is 103 Å². The highest BCUT2D eigenvalue weighted by Crippen LogP contribution is 2.33. The predicted octanol–water partition coefficient (Wildman–Crippen LogP) is 4.15. The standard InChI is InChI=1S/C26H24N6O3/c1-34-22-4-6-23(7-5-22)35-25-24(30-8-9-31-25)18-3-2-10-32(16-18)26(33)20-11-19(12-27-13-20)21-14-28-17-29-15-21/h4-9,11-15,17-18H,2-3,10,16H2,1H3/t18-/m0/s1. The number of hydrogen-bond donors (Lipinski definition) is 0. The number of likely N-dealkylation sites (tertiary alicyclic amines) is 1. The van der Waals surface area contributed by atoms with Gasteiger partial charge < -0.3 is 14.4 Å². The van der Waals surface area contributed by atoms with Crippen molar-refractivity contribution in [2.75, 3.05) is 20.2 Å². The van der Waals surface area contributed by atoms with Crippen LogP contribution in [0.25, 0.3) is 11.1 Å². The summed E-state index contributed by atoms with van der Waals surface area (Å²) in [6.07, 6.45) is 13.2. The molecule has 1 atom stereocenters. The summed E-state index contributed by atoms with van der Waals surface area (Å²) in [7, 11) is 1.62. The van der Waals surface area contributed by atoms with Gasteiger partial charge in [-0.15, -0.1) is 0 Å². The minimum atomic E-state index is -0.0672. The van der Waals surface area contributed by atoms with Gasteiger partial charge in [-0.2, -0.15) is 0 Å². The van der Waals surface area contributed by atoms with Crippen LogP contribution in [0.1, 0.15) is 34.8 Å². The van der Waals surface area contributed by atoms with Crippen LogP contribution in [-0.4, -0.2) is 55.9 Å². The Labute approximate surface area is 202 Å². The fourth-order valence-corrected chi connectivity index (χ4v) is 4.18. The maximum atomic E-state index is 13.4. The van der Waals surface area contributed by atoms with Crippen molar-refractivity contribution in [1.82, 2.24) is 29.8 Å². The largest absolute Gasteiger partial charge is 0.497 e. The van der Waals surface area contributed by atoms with Gasteiger partial charge in [0.25, 0.3) is 5.91 Å². The maximum absolute atomic E-state index is 13.4. The van der Waals surface area contributed by atoms with Crippen LogP contribution in [0, 0.1) is 0 Å². The summed E-state index contributed by atoms with van der Waals surface area (Å²) in [5.74, 6) is 1.78. The smallest absolute Gasteiger partial charge is 0.255 e. The van der Waals surface area contributed by atoms with Crippen LogP contribution in [0.4, 0.5) is 0 Å². The lowest BCUT2D eigenvalue weighted by molar-refractivity contribution is 0.0704. The van der Waals surface area contributed by atoms with Gasteiger partial charge in [-0.05, 0) is 43.2 Å². The zero-order valence-electron chi connectivity index (χ0n) is 19.2. The van der Waals surface area contributed by atoms with E-state index in [4.69, 9.17) is 9.47 Å². The van der Waals surface area contributed by atoms with Crippen molar-refractivity contribution < 1.29 is 14.3 Å². The molecular formula is C26H24N6O3. The van der Waals surface area contributed by atoms with Crippen molar-refractivity contribution in [3.8, 4) is 28.5 Å². The highest BCUT2D eigenvalue weighted by molar-refractivity contribution is 5.95. The van der Waals surface area contributed by atoms with E-state index in [1.54, 1.807) is 44.3 Å². The van der Waals surface area contributed by atoms with Gasteiger partial charge >= 0.3 is 0 Å². The first-order valence-corrected chi connectivity index (χ1v) is 11.3. The molecule has 0 N–H and O–H groups in total. The molecule has 1 aliphatic rings. The molecule has 0 spiro atoms. The summed E-state index contributed by atoms with van der Waals surface area (Å²) in [5.41, 5.74) is 2.88. The Morgan fingerprint density at radius 3 is 2.49 bits per heavy atom. The van der Waals surface area contributed by atoms with E-state index in [-0.39, 0.29) is 11.8 Å². The predicted molar refractivity (Wildman–Crippen MR) is 128 cm³/mol. The molecule has 9 heteroatoms. The molecule has 3 aromatic heterocycles. The molecule has 9 nitrogen and oxygen atoms in total. The molecule has 4 aromatic rings. The second kappa shape index (κ2) is 10.3. The van der Waals surface area contributed by atoms with Crippen molar-refractivity contribution in [1.29, 1.82) is 0 Å². The van der Waals surface area contributed by atoms with E-state index in [0.717, 1.165) is 35.4 Å². The molecule has 0 aliphatic carbocycles. The fraction of sp³-hybridized carbons (Fsp3) is 0.231. The van der Waals surface area contributed by atoms with Crippen molar-refractivity contribution in [2.24, 2.45) is 0 Å². The monoisotopic (exact) mass is 468 g/mol. The lowest BCUT2D eigenvalue weighted by Gasteiger charge is -2.32. The number of aromatic nitrogens is 5. The van der Waals surface area contributed by atoms with Gasteiger partial charge in [-0.25, -0.2) is 15.0 Å². The van der Waals surface area contributed by atoms with Crippen LogP contribution >= 0.6 is 0 Å². The second-order valence-electron chi connectivity index (χ2n) is 8.20. The number of pyridine rings is 1. The van der Waals surface area contributed by atoms with Crippen LogP contribution in [0.2, 0.25) is 0 Å². The number of methoxy groups -OCH3 is 1. The number of benzene rings is 1. The number of nitrogens with zero attached hydrogens (tertiary/aromatic N) is 6. The van der Waals surface area contributed by atoms with Gasteiger partial charge in [0.15, 0.2) is 0 Å². The Kier molecular flexibility index (Phi) is 6.56. The van der Waals surface area contributed by atoms with Gasteiger partial charge in [-0.1, -0.05) is 0 Å².